The molecule has 0 saturated carbocycles. The average Bonchev–Trinajstić information content (AvgIpc) is 3.41. The third kappa shape index (κ3) is 3.75. The summed E-state index contributed by atoms with van der Waals surface area (Å²) in [6.45, 7) is -0.251. The zero-order chi connectivity index (χ0) is 23.8. The van der Waals surface area contributed by atoms with E-state index in [4.69, 9.17) is 0 Å². The molecule has 7 nitrogen and oxygen atoms in total. The summed E-state index contributed by atoms with van der Waals surface area (Å²) in [6, 6.07) is 24.2. The van der Waals surface area contributed by atoms with Crippen LogP contribution in [0, 0.1) is 0 Å². The Morgan fingerprint density at radius 3 is 2.32 bits per heavy atom. The fraction of sp³-hybridized carbons (Fsp3) is 0.185. The Labute approximate surface area is 197 Å². The molecule has 7 heteroatoms. The normalized spacial score (nSPS) is 17.1. The lowest BCUT2D eigenvalue weighted by Gasteiger charge is -2.25. The number of Topliss-reactive ketones (excluding diaryl/α,β-unsaturated/α-hetero) is 1. The Hall–Kier alpha value is -4.26. The number of fused-ring (bicyclic) bond motifs is 1. The van der Waals surface area contributed by atoms with Gasteiger partial charge in [0.15, 0.2) is 0 Å². The number of carbonyl (C=O) groups is 3. The molecular weight excluding hydrogens is 428 g/mol. The van der Waals surface area contributed by atoms with Gasteiger partial charge in [-0.15, -0.1) is 0 Å². The Morgan fingerprint density at radius 1 is 0.941 bits per heavy atom. The van der Waals surface area contributed by atoms with Crippen molar-refractivity contribution < 1.29 is 14.4 Å². The summed E-state index contributed by atoms with van der Waals surface area (Å²) in [4.78, 5) is 41.8. The highest BCUT2D eigenvalue weighted by Gasteiger charge is 2.39. The van der Waals surface area contributed by atoms with Crippen LogP contribution in [0.15, 0.2) is 84.0 Å². The van der Waals surface area contributed by atoms with Gasteiger partial charge in [0, 0.05) is 26.2 Å². The summed E-state index contributed by atoms with van der Waals surface area (Å²) in [5, 5.41) is 6.15. The molecule has 2 amide bonds. The van der Waals surface area contributed by atoms with Crippen LogP contribution >= 0.6 is 0 Å². The number of benzene rings is 3. The number of ketones is 1. The van der Waals surface area contributed by atoms with Crippen LogP contribution in [0.3, 0.4) is 0 Å². The number of hydrogen-bond donors (Lipinski definition) is 0. The monoisotopic (exact) mass is 452 g/mol. The van der Waals surface area contributed by atoms with Crippen LogP contribution in [0.2, 0.25) is 0 Å². The maximum absolute atomic E-state index is 13.5. The summed E-state index contributed by atoms with van der Waals surface area (Å²) < 4.78 is 0. The van der Waals surface area contributed by atoms with Gasteiger partial charge in [-0.3, -0.25) is 19.3 Å². The van der Waals surface area contributed by atoms with Gasteiger partial charge < -0.3 is 4.90 Å². The summed E-state index contributed by atoms with van der Waals surface area (Å²) >= 11 is 0. The van der Waals surface area contributed by atoms with Crippen LogP contribution in [0.25, 0.3) is 0 Å². The fourth-order valence-corrected chi connectivity index (χ4v) is 4.41. The molecular formula is C27H24N4O3. The quantitative estimate of drug-likeness (QED) is 0.554. The third-order valence-electron chi connectivity index (χ3n) is 6.24. The van der Waals surface area contributed by atoms with Crippen molar-refractivity contribution in [2.75, 3.05) is 30.4 Å². The van der Waals surface area contributed by atoms with E-state index in [0.29, 0.717) is 17.7 Å². The van der Waals surface area contributed by atoms with E-state index in [1.807, 2.05) is 73.6 Å². The van der Waals surface area contributed by atoms with Crippen LogP contribution in [0.5, 0.6) is 0 Å². The second-order valence-electron chi connectivity index (χ2n) is 8.59. The molecule has 0 fully saturated rings. The predicted molar refractivity (Wildman–Crippen MR) is 131 cm³/mol. The average molecular weight is 453 g/mol. The molecule has 1 atom stereocenters. The van der Waals surface area contributed by atoms with Gasteiger partial charge in [-0.25, -0.2) is 5.01 Å². The highest BCUT2D eigenvalue weighted by molar-refractivity contribution is 6.52. The smallest absolute Gasteiger partial charge is 0.299 e. The van der Waals surface area contributed by atoms with Crippen molar-refractivity contribution in [3.05, 3.63) is 95.6 Å². The summed E-state index contributed by atoms with van der Waals surface area (Å²) in [5.41, 5.74) is 4.56. The molecule has 3 aromatic carbocycles. The SMILES string of the molecule is CN(C)c1ccc(C2CC(c3ccccc3)=NN2C(=O)CN2C(=O)C(=O)c3ccccc32)cc1. The summed E-state index contributed by atoms with van der Waals surface area (Å²) in [6.07, 6.45) is 0.556. The Bertz CT molecular complexity index is 1300. The van der Waals surface area contributed by atoms with Crippen molar-refractivity contribution >= 4 is 34.7 Å². The van der Waals surface area contributed by atoms with E-state index in [1.165, 1.54) is 9.91 Å². The van der Waals surface area contributed by atoms with Crippen LogP contribution < -0.4 is 9.80 Å². The van der Waals surface area contributed by atoms with E-state index in [0.717, 1.165) is 22.5 Å². The molecule has 0 saturated heterocycles. The number of amides is 2. The zero-order valence-corrected chi connectivity index (χ0v) is 19.0. The Kier molecular flexibility index (Phi) is 5.45. The Balaban J connectivity index is 1.47. The first-order valence-electron chi connectivity index (χ1n) is 11.1. The van der Waals surface area contributed by atoms with Crippen LogP contribution in [0.4, 0.5) is 11.4 Å². The molecule has 170 valence electrons. The molecule has 3 aromatic rings. The summed E-state index contributed by atoms with van der Waals surface area (Å²) in [7, 11) is 3.95. The lowest BCUT2D eigenvalue weighted by Crippen LogP contribution is -2.40. The first-order chi connectivity index (χ1) is 16.4. The predicted octanol–water partition coefficient (Wildman–Crippen LogP) is 3.66. The lowest BCUT2D eigenvalue weighted by molar-refractivity contribution is -0.132. The standard InChI is InChI=1S/C27H24N4O3/c1-29(2)20-14-12-19(13-15-20)24-16-22(18-8-4-3-5-9-18)28-31(24)25(32)17-30-23-11-7-6-10-21(23)26(33)27(30)34/h3-15,24H,16-17H2,1-2H3. The minimum atomic E-state index is -0.687. The molecule has 0 aliphatic carbocycles. The van der Waals surface area contributed by atoms with Crippen molar-refractivity contribution in [3.8, 4) is 0 Å². The van der Waals surface area contributed by atoms with Gasteiger partial charge in [0.05, 0.1) is 23.0 Å². The number of para-hydroxylation sites is 1. The third-order valence-corrected chi connectivity index (χ3v) is 6.24. The van der Waals surface area contributed by atoms with Crippen molar-refractivity contribution in [2.45, 2.75) is 12.5 Å². The van der Waals surface area contributed by atoms with E-state index >= 15 is 0 Å². The van der Waals surface area contributed by atoms with Gasteiger partial charge >= 0.3 is 0 Å². The van der Waals surface area contributed by atoms with Gasteiger partial charge in [-0.2, -0.15) is 5.10 Å². The second kappa shape index (κ2) is 8.59. The van der Waals surface area contributed by atoms with Gasteiger partial charge in [0.2, 0.25) is 0 Å². The van der Waals surface area contributed by atoms with Gasteiger partial charge in [0.1, 0.15) is 6.54 Å². The fourth-order valence-electron chi connectivity index (χ4n) is 4.41. The number of carbonyl (C=O) groups excluding carboxylic acids is 3. The van der Waals surface area contributed by atoms with E-state index in [1.54, 1.807) is 24.3 Å². The lowest BCUT2D eigenvalue weighted by atomic mass is 9.98. The number of hydrazone groups is 1. The molecule has 34 heavy (non-hydrogen) atoms. The van der Waals surface area contributed by atoms with Crippen LogP contribution in [-0.4, -0.2) is 49.0 Å². The number of anilines is 2. The first kappa shape index (κ1) is 21.6. The number of nitrogens with zero attached hydrogens (tertiary/aromatic N) is 4. The topological polar surface area (TPSA) is 73.3 Å². The van der Waals surface area contributed by atoms with Crippen molar-refractivity contribution in [3.63, 3.8) is 0 Å². The molecule has 0 aromatic heterocycles. The molecule has 0 spiro atoms. The number of rotatable bonds is 5. The van der Waals surface area contributed by atoms with Crippen molar-refractivity contribution in [1.29, 1.82) is 0 Å². The first-order valence-corrected chi connectivity index (χ1v) is 11.1. The Morgan fingerprint density at radius 2 is 1.62 bits per heavy atom. The molecule has 2 heterocycles. The molecule has 0 radical (unpaired) electrons. The van der Waals surface area contributed by atoms with E-state index in [-0.39, 0.29) is 18.5 Å². The van der Waals surface area contributed by atoms with Crippen LogP contribution in [0.1, 0.15) is 33.9 Å². The summed E-state index contributed by atoms with van der Waals surface area (Å²) in [5.74, 6) is -1.62. The van der Waals surface area contributed by atoms with E-state index in [9.17, 15) is 14.4 Å². The van der Waals surface area contributed by atoms with Gasteiger partial charge in [-0.1, -0.05) is 54.6 Å². The maximum atomic E-state index is 13.5. The van der Waals surface area contributed by atoms with Crippen molar-refractivity contribution in [1.82, 2.24) is 5.01 Å². The highest BCUT2D eigenvalue weighted by Crippen LogP contribution is 2.35. The minimum Gasteiger partial charge on any atom is -0.378 e. The van der Waals surface area contributed by atoms with Crippen molar-refractivity contribution in [2.24, 2.45) is 5.10 Å². The second-order valence-corrected chi connectivity index (χ2v) is 8.59. The maximum Gasteiger partial charge on any atom is 0.299 e. The van der Waals surface area contributed by atoms with Gasteiger partial charge in [-0.05, 0) is 35.4 Å². The van der Waals surface area contributed by atoms with Gasteiger partial charge in [0.25, 0.3) is 17.6 Å². The molecule has 1 unspecified atom stereocenters. The molecule has 0 bridgehead atoms. The van der Waals surface area contributed by atoms with E-state index < -0.39 is 11.7 Å². The zero-order valence-electron chi connectivity index (χ0n) is 19.0. The molecule has 5 rings (SSSR count). The van der Waals surface area contributed by atoms with Crippen LogP contribution in [-0.2, 0) is 9.59 Å². The molecule has 2 aliphatic rings. The highest BCUT2D eigenvalue weighted by atomic mass is 16.2. The number of hydrogen-bond acceptors (Lipinski definition) is 5. The molecule has 0 N–H and O–H groups in total. The minimum absolute atomic E-state index is 0.251. The van der Waals surface area contributed by atoms with E-state index in [2.05, 4.69) is 5.10 Å². The largest absolute Gasteiger partial charge is 0.378 e. The molecule has 2 aliphatic heterocycles.